The Hall–Kier alpha value is -3.02. The number of nitrogen functional groups attached to an aromatic ring is 1. The number of hydrogen-bond donors (Lipinski definition) is 3. The lowest BCUT2D eigenvalue weighted by atomic mass is 10.1. The van der Waals surface area contributed by atoms with Crippen LogP contribution in [0.15, 0.2) is 48.8 Å². The number of nitrogens with one attached hydrogen (secondary N) is 1. The summed E-state index contributed by atoms with van der Waals surface area (Å²) in [5, 5.41) is 3.29. The normalized spacial score (nSPS) is 10.8. The van der Waals surface area contributed by atoms with Crippen LogP contribution >= 0.6 is 0 Å². The maximum Gasteiger partial charge on any atom is 0.248 e. The summed E-state index contributed by atoms with van der Waals surface area (Å²) < 4.78 is 2.17. The number of imidazole rings is 1. The van der Waals surface area contributed by atoms with Crippen LogP contribution < -0.4 is 16.8 Å². The average molecular weight is 323 g/mol. The van der Waals surface area contributed by atoms with Gasteiger partial charge in [0.1, 0.15) is 0 Å². The number of fused-ring (bicyclic) bond motifs is 1. The molecule has 0 aliphatic heterocycles. The van der Waals surface area contributed by atoms with Crippen molar-refractivity contribution in [2.24, 2.45) is 5.73 Å². The largest absolute Gasteiger partial charge is 0.397 e. The molecule has 0 bridgehead atoms. The van der Waals surface area contributed by atoms with E-state index < -0.39 is 5.91 Å². The summed E-state index contributed by atoms with van der Waals surface area (Å²) in [6, 6.07) is 13.2. The average Bonchev–Trinajstić information content (AvgIpc) is 2.99. The SMILES string of the molecule is NC(=O)c1ccc(NCCCCn2cnc3ccccc32)c(N)c1. The number of benzene rings is 2. The Labute approximate surface area is 140 Å². The highest BCUT2D eigenvalue weighted by atomic mass is 16.1. The number of anilines is 2. The molecule has 1 amide bonds. The first kappa shape index (κ1) is 15.9. The molecular formula is C18H21N5O. The summed E-state index contributed by atoms with van der Waals surface area (Å²) in [5.74, 6) is -0.471. The van der Waals surface area contributed by atoms with Gasteiger partial charge in [-0.15, -0.1) is 0 Å². The second-order valence-electron chi connectivity index (χ2n) is 5.73. The Morgan fingerprint density at radius 3 is 2.79 bits per heavy atom. The summed E-state index contributed by atoms with van der Waals surface area (Å²) in [6.07, 6.45) is 3.93. The number of rotatable bonds is 7. The predicted octanol–water partition coefficient (Wildman–Crippen LogP) is 2.61. The third kappa shape index (κ3) is 3.48. The number of nitrogens with two attached hydrogens (primary N) is 2. The van der Waals surface area contributed by atoms with E-state index in [0.29, 0.717) is 11.3 Å². The van der Waals surface area contributed by atoms with E-state index in [1.165, 1.54) is 0 Å². The Balaban J connectivity index is 1.48. The fourth-order valence-corrected chi connectivity index (χ4v) is 2.70. The van der Waals surface area contributed by atoms with Gasteiger partial charge in [0.25, 0.3) is 0 Å². The first-order valence-electron chi connectivity index (χ1n) is 7.98. The number of para-hydroxylation sites is 2. The second-order valence-corrected chi connectivity index (χ2v) is 5.73. The van der Waals surface area contributed by atoms with E-state index in [2.05, 4.69) is 20.9 Å². The van der Waals surface area contributed by atoms with Gasteiger partial charge in [0.05, 0.1) is 28.7 Å². The smallest absolute Gasteiger partial charge is 0.248 e. The third-order valence-electron chi connectivity index (χ3n) is 4.00. The summed E-state index contributed by atoms with van der Waals surface area (Å²) in [7, 11) is 0. The van der Waals surface area contributed by atoms with Gasteiger partial charge < -0.3 is 21.4 Å². The van der Waals surface area contributed by atoms with Crippen LogP contribution in [0.4, 0.5) is 11.4 Å². The van der Waals surface area contributed by atoms with Crippen LogP contribution in [0, 0.1) is 0 Å². The lowest BCUT2D eigenvalue weighted by Crippen LogP contribution is -2.12. The van der Waals surface area contributed by atoms with Crippen molar-refractivity contribution in [3.63, 3.8) is 0 Å². The van der Waals surface area contributed by atoms with E-state index in [4.69, 9.17) is 11.5 Å². The zero-order valence-electron chi connectivity index (χ0n) is 13.4. The zero-order chi connectivity index (χ0) is 16.9. The number of aromatic nitrogens is 2. The molecule has 124 valence electrons. The van der Waals surface area contributed by atoms with Crippen LogP contribution in [0.25, 0.3) is 11.0 Å². The van der Waals surface area contributed by atoms with Crippen molar-refractivity contribution in [2.45, 2.75) is 19.4 Å². The van der Waals surface area contributed by atoms with Gasteiger partial charge in [0.15, 0.2) is 0 Å². The minimum atomic E-state index is -0.471. The van der Waals surface area contributed by atoms with E-state index in [1.54, 1.807) is 18.2 Å². The Bertz CT molecular complexity index is 855. The van der Waals surface area contributed by atoms with Gasteiger partial charge >= 0.3 is 0 Å². The molecule has 3 rings (SSSR count). The summed E-state index contributed by atoms with van der Waals surface area (Å²) in [5.41, 5.74) is 15.1. The van der Waals surface area contributed by atoms with Gasteiger partial charge in [0, 0.05) is 18.7 Å². The first-order chi connectivity index (χ1) is 11.6. The Morgan fingerprint density at radius 1 is 1.17 bits per heavy atom. The number of unbranched alkanes of at least 4 members (excludes halogenated alkanes) is 1. The number of amides is 1. The lowest BCUT2D eigenvalue weighted by molar-refractivity contribution is 0.100. The van der Waals surface area contributed by atoms with E-state index >= 15 is 0 Å². The van der Waals surface area contributed by atoms with Gasteiger partial charge in [0.2, 0.25) is 5.91 Å². The molecule has 0 radical (unpaired) electrons. The maximum absolute atomic E-state index is 11.1. The quantitative estimate of drug-likeness (QED) is 0.460. The minimum absolute atomic E-state index is 0.421. The van der Waals surface area contributed by atoms with E-state index in [0.717, 1.165) is 42.7 Å². The molecule has 5 N–H and O–H groups in total. The highest BCUT2D eigenvalue weighted by molar-refractivity contribution is 5.94. The number of hydrogen-bond acceptors (Lipinski definition) is 4. The minimum Gasteiger partial charge on any atom is -0.397 e. The van der Waals surface area contributed by atoms with Crippen molar-refractivity contribution in [3.8, 4) is 0 Å². The predicted molar refractivity (Wildman–Crippen MR) is 96.8 cm³/mol. The second kappa shape index (κ2) is 7.04. The van der Waals surface area contributed by atoms with E-state index in [1.807, 2.05) is 24.5 Å². The van der Waals surface area contributed by atoms with Crippen LogP contribution in [-0.2, 0) is 6.54 Å². The van der Waals surface area contributed by atoms with Gasteiger partial charge in [-0.25, -0.2) is 4.98 Å². The molecule has 3 aromatic rings. The number of primary amides is 1. The standard InChI is InChI=1S/C18H21N5O/c19-14-11-13(18(20)24)7-8-15(14)21-9-3-4-10-23-12-22-16-5-1-2-6-17(16)23/h1-2,5-8,11-12,21H,3-4,9-10,19H2,(H2,20,24). The van der Waals surface area contributed by atoms with Crippen molar-refractivity contribution in [1.82, 2.24) is 9.55 Å². The fourth-order valence-electron chi connectivity index (χ4n) is 2.70. The van der Waals surface area contributed by atoms with Crippen molar-refractivity contribution in [1.29, 1.82) is 0 Å². The van der Waals surface area contributed by atoms with Gasteiger partial charge in [-0.2, -0.15) is 0 Å². The van der Waals surface area contributed by atoms with Gasteiger partial charge in [-0.05, 0) is 43.2 Å². The summed E-state index contributed by atoms with van der Waals surface area (Å²) >= 11 is 0. The van der Waals surface area contributed by atoms with Crippen molar-refractivity contribution >= 4 is 28.3 Å². The topological polar surface area (TPSA) is 99.0 Å². The summed E-state index contributed by atoms with van der Waals surface area (Å²) in [4.78, 5) is 15.5. The maximum atomic E-state index is 11.1. The Kier molecular flexibility index (Phi) is 4.65. The zero-order valence-corrected chi connectivity index (χ0v) is 13.4. The molecule has 24 heavy (non-hydrogen) atoms. The molecule has 1 aromatic heterocycles. The number of aryl methyl sites for hydroxylation is 1. The van der Waals surface area contributed by atoms with Crippen LogP contribution in [0.3, 0.4) is 0 Å². The molecule has 0 aliphatic rings. The molecule has 0 spiro atoms. The molecule has 1 heterocycles. The van der Waals surface area contributed by atoms with Gasteiger partial charge in [-0.1, -0.05) is 12.1 Å². The third-order valence-corrected chi connectivity index (χ3v) is 4.00. The molecule has 0 atom stereocenters. The molecule has 0 unspecified atom stereocenters. The lowest BCUT2D eigenvalue weighted by Gasteiger charge is -2.10. The molecule has 6 heteroatoms. The highest BCUT2D eigenvalue weighted by Gasteiger charge is 2.05. The van der Waals surface area contributed by atoms with Crippen molar-refractivity contribution < 1.29 is 4.79 Å². The number of nitrogens with zero attached hydrogens (tertiary/aromatic N) is 2. The molecule has 0 saturated carbocycles. The van der Waals surface area contributed by atoms with E-state index in [9.17, 15) is 4.79 Å². The fraction of sp³-hybridized carbons (Fsp3) is 0.222. The molecule has 2 aromatic carbocycles. The van der Waals surface area contributed by atoms with Crippen LogP contribution in [-0.4, -0.2) is 22.0 Å². The molecule has 6 nitrogen and oxygen atoms in total. The van der Waals surface area contributed by atoms with E-state index in [-0.39, 0.29) is 0 Å². The highest BCUT2D eigenvalue weighted by Crippen LogP contribution is 2.20. The molecular weight excluding hydrogens is 302 g/mol. The summed E-state index contributed by atoms with van der Waals surface area (Å²) in [6.45, 7) is 1.74. The van der Waals surface area contributed by atoms with Crippen molar-refractivity contribution in [2.75, 3.05) is 17.6 Å². The first-order valence-corrected chi connectivity index (χ1v) is 7.98. The van der Waals surface area contributed by atoms with Crippen molar-refractivity contribution in [3.05, 3.63) is 54.4 Å². The van der Waals surface area contributed by atoms with Crippen LogP contribution in [0.1, 0.15) is 23.2 Å². The van der Waals surface area contributed by atoms with Crippen LogP contribution in [0.5, 0.6) is 0 Å². The van der Waals surface area contributed by atoms with Gasteiger partial charge in [-0.3, -0.25) is 4.79 Å². The molecule has 0 saturated heterocycles. The monoisotopic (exact) mass is 323 g/mol. The number of carbonyl (C=O) groups is 1. The molecule has 0 fully saturated rings. The Morgan fingerprint density at radius 2 is 2.00 bits per heavy atom. The molecule has 0 aliphatic carbocycles. The number of carbonyl (C=O) groups excluding carboxylic acids is 1. The van der Waals surface area contributed by atoms with Crippen LogP contribution in [0.2, 0.25) is 0 Å².